The molecule has 1 rings (SSSR count). The van der Waals surface area contributed by atoms with Gasteiger partial charge in [0, 0.05) is 10.8 Å². The fraction of sp³-hybridized carbons (Fsp3) is 0.750. The van der Waals surface area contributed by atoms with E-state index in [2.05, 4.69) is 60.6 Å². The summed E-state index contributed by atoms with van der Waals surface area (Å²) in [5, 5.41) is 0.401. The third-order valence-corrected chi connectivity index (χ3v) is 7.12. The predicted octanol–water partition coefficient (Wildman–Crippen LogP) is 5.87. The topological polar surface area (TPSA) is 9.23 Å². The molecular formula is C16H29OP. The molecule has 1 nitrogen and oxygen atoms in total. The fourth-order valence-corrected chi connectivity index (χ4v) is 3.96. The van der Waals surface area contributed by atoms with E-state index in [-0.39, 0.29) is 8.15 Å². The van der Waals surface area contributed by atoms with Crippen LogP contribution in [-0.2, 0) is 4.52 Å². The maximum absolute atomic E-state index is 6.28. The van der Waals surface area contributed by atoms with Crippen LogP contribution in [0.2, 0.25) is 0 Å². The number of allylic oxidation sites excluding steroid dienone is 3. The lowest BCUT2D eigenvalue weighted by molar-refractivity contribution is 0.487. The highest BCUT2D eigenvalue weighted by molar-refractivity contribution is 7.63. The molecule has 18 heavy (non-hydrogen) atoms. The lowest BCUT2D eigenvalue weighted by Gasteiger charge is -2.11. The van der Waals surface area contributed by atoms with Crippen molar-refractivity contribution in [3.8, 4) is 0 Å². The Balaban J connectivity index is 2.77. The van der Waals surface area contributed by atoms with Gasteiger partial charge in [0.2, 0.25) is 0 Å². The Bertz CT molecular complexity index is 341. The average Bonchev–Trinajstić information content (AvgIpc) is 2.78. The van der Waals surface area contributed by atoms with Crippen LogP contribution in [0.5, 0.6) is 0 Å². The van der Waals surface area contributed by atoms with Crippen LogP contribution in [0.15, 0.2) is 23.5 Å². The van der Waals surface area contributed by atoms with Crippen LogP contribution >= 0.6 is 8.15 Å². The zero-order valence-electron chi connectivity index (χ0n) is 13.1. The molecular weight excluding hydrogens is 239 g/mol. The van der Waals surface area contributed by atoms with Crippen molar-refractivity contribution < 1.29 is 4.52 Å². The third-order valence-electron chi connectivity index (χ3n) is 4.12. The van der Waals surface area contributed by atoms with E-state index in [0.717, 1.165) is 17.8 Å². The van der Waals surface area contributed by atoms with Crippen LogP contribution in [0.25, 0.3) is 0 Å². The normalized spacial score (nSPS) is 29.1. The first kappa shape index (κ1) is 15.8. The summed E-state index contributed by atoms with van der Waals surface area (Å²) in [5.74, 6) is 1.70. The highest BCUT2D eigenvalue weighted by Crippen LogP contribution is 2.76. The minimum atomic E-state index is -0.278. The molecule has 0 radical (unpaired) electrons. The Kier molecular flexibility index (Phi) is 5.46. The summed E-state index contributed by atoms with van der Waals surface area (Å²) in [4.78, 5) is 0. The molecule has 0 aromatic carbocycles. The van der Waals surface area contributed by atoms with Crippen molar-refractivity contribution in [3.63, 3.8) is 0 Å². The Hall–Kier alpha value is -0.290. The molecule has 2 heteroatoms. The van der Waals surface area contributed by atoms with E-state index in [9.17, 15) is 0 Å². The minimum Gasteiger partial charge on any atom is -0.474 e. The highest BCUT2D eigenvalue weighted by atomic mass is 31.2. The van der Waals surface area contributed by atoms with Crippen molar-refractivity contribution in [2.75, 3.05) is 0 Å². The lowest BCUT2D eigenvalue weighted by atomic mass is 10.1. The molecule has 0 N–H and O–H groups in total. The monoisotopic (exact) mass is 268 g/mol. The van der Waals surface area contributed by atoms with Gasteiger partial charge >= 0.3 is 0 Å². The second-order valence-electron chi connectivity index (χ2n) is 6.05. The van der Waals surface area contributed by atoms with Gasteiger partial charge in [0.25, 0.3) is 0 Å². The molecule has 0 aliphatic carbocycles. The van der Waals surface area contributed by atoms with Gasteiger partial charge in [0.15, 0.2) is 0 Å². The van der Waals surface area contributed by atoms with Gasteiger partial charge < -0.3 is 4.52 Å². The van der Waals surface area contributed by atoms with Gasteiger partial charge in [0.1, 0.15) is 5.76 Å². The van der Waals surface area contributed by atoms with Crippen LogP contribution in [0.3, 0.4) is 0 Å². The summed E-state index contributed by atoms with van der Waals surface area (Å²) in [5.41, 5.74) is 2.12. The zero-order valence-corrected chi connectivity index (χ0v) is 14.0. The van der Waals surface area contributed by atoms with Crippen molar-refractivity contribution in [3.05, 3.63) is 23.5 Å². The maximum Gasteiger partial charge on any atom is 0.119 e. The third kappa shape index (κ3) is 3.85. The molecule has 104 valence electrons. The Morgan fingerprint density at radius 2 is 1.94 bits per heavy atom. The van der Waals surface area contributed by atoms with Crippen LogP contribution in [0.1, 0.15) is 61.3 Å². The predicted molar refractivity (Wildman–Crippen MR) is 83.1 cm³/mol. The minimum absolute atomic E-state index is 0.278. The second-order valence-corrected chi connectivity index (χ2v) is 8.81. The summed E-state index contributed by atoms with van der Waals surface area (Å²) in [6.45, 7) is 15.8. The van der Waals surface area contributed by atoms with E-state index in [1.54, 1.807) is 0 Å². The Labute approximate surface area is 115 Å². The molecule has 0 saturated carbocycles. The Morgan fingerprint density at radius 1 is 1.39 bits per heavy atom. The fourth-order valence-electron chi connectivity index (χ4n) is 1.80. The molecule has 0 aromatic rings. The first-order chi connectivity index (χ1) is 8.32. The van der Waals surface area contributed by atoms with Gasteiger partial charge in [-0.25, -0.2) is 0 Å². The first-order valence-corrected chi connectivity index (χ1v) is 8.52. The summed E-state index contributed by atoms with van der Waals surface area (Å²) in [7, 11) is -0.278. The largest absolute Gasteiger partial charge is 0.474 e. The van der Waals surface area contributed by atoms with Crippen molar-refractivity contribution in [2.45, 2.75) is 72.1 Å². The highest BCUT2D eigenvalue weighted by Gasteiger charge is 2.58. The number of hydrogen-bond acceptors (Lipinski definition) is 1. The van der Waals surface area contributed by atoms with Crippen LogP contribution < -0.4 is 0 Å². The molecule has 3 atom stereocenters. The van der Waals surface area contributed by atoms with Crippen LogP contribution in [-0.4, -0.2) is 10.8 Å². The van der Waals surface area contributed by atoms with E-state index in [1.165, 1.54) is 12.0 Å². The van der Waals surface area contributed by atoms with E-state index in [0.29, 0.717) is 11.1 Å². The van der Waals surface area contributed by atoms with Crippen molar-refractivity contribution in [1.82, 2.24) is 0 Å². The van der Waals surface area contributed by atoms with E-state index >= 15 is 0 Å². The molecule has 2 unspecified atom stereocenters. The first-order valence-electron chi connectivity index (χ1n) is 7.19. The van der Waals surface area contributed by atoms with Gasteiger partial charge in [0.05, 0.1) is 8.15 Å². The van der Waals surface area contributed by atoms with Crippen LogP contribution in [0.4, 0.5) is 0 Å². The second kappa shape index (κ2) is 6.24. The zero-order chi connectivity index (χ0) is 13.9. The standard InChI is InChI=1S/C16H29OP/c1-8-12(3)10-15(11-13(4)9-2)17-18-14(5)16(18,6)7/h10-12,14H,8-9H2,1-7H3/b13-11-,15-10+/t12-,14?,18?/m1/s1. The smallest absolute Gasteiger partial charge is 0.119 e. The lowest BCUT2D eigenvalue weighted by Crippen LogP contribution is -1.97. The van der Waals surface area contributed by atoms with Crippen molar-refractivity contribution in [1.29, 1.82) is 0 Å². The molecule has 1 saturated heterocycles. The molecule has 1 fully saturated rings. The molecule has 1 aliphatic heterocycles. The molecule has 0 spiro atoms. The summed E-state index contributed by atoms with van der Waals surface area (Å²) < 4.78 is 6.28. The molecule has 0 amide bonds. The quantitative estimate of drug-likeness (QED) is 0.333. The van der Waals surface area contributed by atoms with Crippen molar-refractivity contribution in [2.24, 2.45) is 5.92 Å². The number of hydrogen-bond donors (Lipinski definition) is 0. The molecule has 0 aromatic heterocycles. The summed E-state index contributed by atoms with van der Waals surface area (Å²) >= 11 is 0. The van der Waals surface area contributed by atoms with E-state index in [1.807, 2.05) is 0 Å². The van der Waals surface area contributed by atoms with Gasteiger partial charge in [-0.05, 0) is 37.8 Å². The van der Waals surface area contributed by atoms with Gasteiger partial charge in [-0.1, -0.05) is 47.1 Å². The molecule has 1 heterocycles. The number of rotatable bonds is 6. The van der Waals surface area contributed by atoms with E-state index in [4.69, 9.17) is 4.52 Å². The summed E-state index contributed by atoms with van der Waals surface area (Å²) in [6.07, 6.45) is 6.79. The van der Waals surface area contributed by atoms with Crippen molar-refractivity contribution >= 4 is 8.15 Å². The van der Waals surface area contributed by atoms with Gasteiger partial charge in [-0.2, -0.15) is 0 Å². The van der Waals surface area contributed by atoms with Gasteiger partial charge in [-0.3, -0.25) is 0 Å². The van der Waals surface area contributed by atoms with Crippen LogP contribution in [0, 0.1) is 5.92 Å². The van der Waals surface area contributed by atoms with E-state index < -0.39 is 0 Å². The SMILES string of the molecule is CC/C(C)=C\C(=C/[C@H](C)CC)OP1C(C)C1(C)C. The summed E-state index contributed by atoms with van der Waals surface area (Å²) in [6, 6.07) is 0. The average molecular weight is 268 g/mol. The van der Waals surface area contributed by atoms with Gasteiger partial charge in [-0.15, -0.1) is 0 Å². The molecule has 0 bridgehead atoms. The Morgan fingerprint density at radius 3 is 2.33 bits per heavy atom. The maximum atomic E-state index is 6.28. The molecule has 1 aliphatic rings.